The molecule has 2 aliphatic rings. The lowest BCUT2D eigenvalue weighted by Crippen LogP contribution is -3.08. The number of quaternary nitrogens is 1. The molecule has 2 aliphatic heterocycles. The Hall–Kier alpha value is -2.25. The third-order valence-corrected chi connectivity index (χ3v) is 6.04. The van der Waals surface area contributed by atoms with Crippen molar-refractivity contribution in [2.75, 3.05) is 33.1 Å². The van der Waals surface area contributed by atoms with Crippen LogP contribution in [0.3, 0.4) is 0 Å². The van der Waals surface area contributed by atoms with E-state index in [-0.39, 0.29) is 12.1 Å². The summed E-state index contributed by atoms with van der Waals surface area (Å²) in [7, 11) is 5.42. The summed E-state index contributed by atoms with van der Waals surface area (Å²) in [6.07, 6.45) is 0.688. The van der Waals surface area contributed by atoms with E-state index in [1.165, 1.54) is 15.3 Å². The van der Waals surface area contributed by atoms with Gasteiger partial charge in [-0.1, -0.05) is 6.07 Å². The van der Waals surface area contributed by atoms with Crippen molar-refractivity contribution < 1.29 is 19.2 Å². The van der Waals surface area contributed by atoms with Gasteiger partial charge in [0.05, 0.1) is 38.3 Å². The van der Waals surface area contributed by atoms with Gasteiger partial charge in [0.1, 0.15) is 17.7 Å². The minimum Gasteiger partial charge on any atom is -0.493 e. The molecule has 6 nitrogen and oxygen atoms in total. The van der Waals surface area contributed by atoms with Crippen molar-refractivity contribution in [3.8, 4) is 11.5 Å². The molecule has 0 saturated heterocycles. The quantitative estimate of drug-likeness (QED) is 0.769. The molecule has 1 unspecified atom stereocenters. The molecule has 1 amide bonds. The first-order chi connectivity index (χ1) is 12.1. The lowest BCUT2D eigenvalue weighted by molar-refractivity contribution is -0.895. The maximum absolute atomic E-state index is 12.8. The fourth-order valence-electron chi connectivity index (χ4n) is 3.53. The first-order valence-corrected chi connectivity index (χ1v) is 9.17. The molecule has 132 valence electrons. The second-order valence-electron chi connectivity index (χ2n) is 6.51. The van der Waals surface area contributed by atoms with Gasteiger partial charge in [-0.15, -0.1) is 11.3 Å². The Balaban J connectivity index is 1.67. The second kappa shape index (κ2) is 6.24. The Morgan fingerprint density at radius 3 is 2.76 bits per heavy atom. The number of ether oxygens (including phenoxy) is 2. The zero-order valence-corrected chi connectivity index (χ0v) is 15.4. The summed E-state index contributed by atoms with van der Waals surface area (Å²) in [6, 6.07) is 5.69. The van der Waals surface area contributed by atoms with Crippen molar-refractivity contribution >= 4 is 22.2 Å². The number of rotatable bonds is 3. The van der Waals surface area contributed by atoms with Crippen molar-refractivity contribution in [2.24, 2.45) is 0 Å². The zero-order valence-electron chi connectivity index (χ0n) is 14.6. The van der Waals surface area contributed by atoms with Crippen LogP contribution in [0.5, 0.6) is 11.5 Å². The molecule has 4 rings (SSSR count). The van der Waals surface area contributed by atoms with Gasteiger partial charge >= 0.3 is 0 Å². The van der Waals surface area contributed by atoms with Crippen molar-refractivity contribution in [3.63, 3.8) is 0 Å². The summed E-state index contributed by atoms with van der Waals surface area (Å²) in [4.78, 5) is 15.6. The van der Waals surface area contributed by atoms with E-state index in [0.29, 0.717) is 11.5 Å². The summed E-state index contributed by atoms with van der Waals surface area (Å²) >= 11 is 1.71. The highest BCUT2D eigenvalue weighted by Gasteiger charge is 2.34. The van der Waals surface area contributed by atoms with E-state index >= 15 is 0 Å². The zero-order chi connectivity index (χ0) is 17.6. The average molecular weight is 360 g/mol. The number of methoxy groups -OCH3 is 2. The third-order valence-electron chi connectivity index (χ3n) is 4.87. The molecule has 0 spiro atoms. The van der Waals surface area contributed by atoms with Gasteiger partial charge in [-0.05, 0) is 23.3 Å². The largest absolute Gasteiger partial charge is 0.493 e. The van der Waals surface area contributed by atoms with Crippen molar-refractivity contribution in [1.82, 2.24) is 5.32 Å². The minimum absolute atomic E-state index is 0.00517. The lowest BCUT2D eigenvalue weighted by Gasteiger charge is -2.27. The SMILES string of the molecule is COc1ccc([C@@H]2NC(=O)c3c(sc4c3CC[NH+](C)C4)N2)cc1OC. The minimum atomic E-state index is -0.273. The van der Waals surface area contributed by atoms with Gasteiger partial charge in [0.25, 0.3) is 5.91 Å². The number of anilines is 1. The molecule has 0 saturated carbocycles. The maximum atomic E-state index is 12.8. The number of likely N-dealkylation sites (N-methyl/N-ethyl adjacent to an activating group) is 1. The van der Waals surface area contributed by atoms with Crippen LogP contribution in [0, 0.1) is 0 Å². The molecule has 1 aromatic carbocycles. The van der Waals surface area contributed by atoms with E-state index in [2.05, 4.69) is 17.7 Å². The van der Waals surface area contributed by atoms with Crippen molar-refractivity contribution in [3.05, 3.63) is 39.8 Å². The highest BCUT2D eigenvalue weighted by molar-refractivity contribution is 7.16. The molecule has 0 bridgehead atoms. The summed E-state index contributed by atoms with van der Waals surface area (Å²) < 4.78 is 10.7. The molecule has 25 heavy (non-hydrogen) atoms. The maximum Gasteiger partial charge on any atom is 0.256 e. The van der Waals surface area contributed by atoms with Gasteiger partial charge in [-0.3, -0.25) is 4.79 Å². The summed E-state index contributed by atoms with van der Waals surface area (Å²) in [5.74, 6) is 1.33. The number of hydrogen-bond donors (Lipinski definition) is 3. The highest BCUT2D eigenvalue weighted by atomic mass is 32.1. The van der Waals surface area contributed by atoms with Gasteiger partial charge in [0, 0.05) is 6.42 Å². The van der Waals surface area contributed by atoms with Crippen LogP contribution in [0.4, 0.5) is 5.00 Å². The van der Waals surface area contributed by atoms with Gasteiger partial charge in [0.15, 0.2) is 11.5 Å². The van der Waals surface area contributed by atoms with Crippen LogP contribution in [0.1, 0.15) is 32.5 Å². The van der Waals surface area contributed by atoms with Crippen molar-refractivity contribution in [2.45, 2.75) is 19.1 Å². The molecule has 7 heteroatoms. The first-order valence-electron chi connectivity index (χ1n) is 8.36. The van der Waals surface area contributed by atoms with Crippen LogP contribution < -0.4 is 25.0 Å². The van der Waals surface area contributed by atoms with Gasteiger partial charge in [-0.25, -0.2) is 0 Å². The van der Waals surface area contributed by atoms with Crippen molar-refractivity contribution in [1.29, 1.82) is 0 Å². The number of fused-ring (bicyclic) bond motifs is 3. The number of hydrogen-bond acceptors (Lipinski definition) is 5. The summed E-state index contributed by atoms with van der Waals surface area (Å²) in [6.45, 7) is 2.06. The fourth-order valence-corrected chi connectivity index (χ4v) is 4.92. The highest BCUT2D eigenvalue weighted by Crippen LogP contribution is 2.40. The van der Waals surface area contributed by atoms with E-state index in [9.17, 15) is 4.79 Å². The first kappa shape index (κ1) is 16.2. The Bertz CT molecular complexity index is 833. The molecule has 2 atom stereocenters. The number of nitrogens with one attached hydrogen (secondary N) is 3. The Morgan fingerprint density at radius 1 is 1.20 bits per heavy atom. The van der Waals surface area contributed by atoms with Gasteiger partial charge in [-0.2, -0.15) is 0 Å². The second-order valence-corrected chi connectivity index (χ2v) is 7.61. The standard InChI is InChI=1S/C18H21N3O3S/c1-21-7-6-11-14(9-21)25-18-15(11)17(22)19-16(20-18)10-4-5-12(23-2)13(8-10)24-3/h4-5,8,16,20H,6-7,9H2,1-3H3,(H,19,22)/p+1/t16-/m1/s1. The molecule has 3 N–H and O–H groups in total. The van der Waals surface area contributed by atoms with Crippen LogP contribution in [0.2, 0.25) is 0 Å². The molecule has 0 aliphatic carbocycles. The van der Waals surface area contributed by atoms with E-state index in [1.54, 1.807) is 25.6 Å². The fraction of sp³-hybridized carbons (Fsp3) is 0.389. The van der Waals surface area contributed by atoms with E-state index < -0.39 is 0 Å². The summed E-state index contributed by atoms with van der Waals surface area (Å²) in [5, 5.41) is 7.54. The van der Waals surface area contributed by atoms with Crippen LogP contribution in [-0.4, -0.2) is 33.7 Å². The number of carbonyl (C=O) groups excluding carboxylic acids is 1. The molecule has 3 heterocycles. The van der Waals surface area contributed by atoms with E-state index in [1.807, 2.05) is 18.2 Å². The Kier molecular flexibility index (Phi) is 4.05. The Labute approximate surface area is 150 Å². The smallest absolute Gasteiger partial charge is 0.256 e. The van der Waals surface area contributed by atoms with Crippen LogP contribution in [0.15, 0.2) is 18.2 Å². The Morgan fingerprint density at radius 2 is 2.00 bits per heavy atom. The molecule has 1 aromatic heterocycles. The average Bonchev–Trinajstić information content (AvgIpc) is 2.98. The van der Waals surface area contributed by atoms with Crippen LogP contribution >= 0.6 is 11.3 Å². The van der Waals surface area contributed by atoms with E-state index in [4.69, 9.17) is 9.47 Å². The number of carbonyl (C=O) groups is 1. The van der Waals surface area contributed by atoms with Gasteiger partial charge in [0.2, 0.25) is 0 Å². The predicted octanol–water partition coefficient (Wildman–Crippen LogP) is 1.19. The van der Waals surface area contributed by atoms with Crippen LogP contribution in [-0.2, 0) is 13.0 Å². The predicted molar refractivity (Wildman–Crippen MR) is 96.9 cm³/mol. The molecule has 0 fully saturated rings. The van der Waals surface area contributed by atoms with Crippen LogP contribution in [0.25, 0.3) is 0 Å². The normalized spacial score (nSPS) is 21.6. The topological polar surface area (TPSA) is 64.0 Å². The molecule has 2 aromatic rings. The summed E-state index contributed by atoms with van der Waals surface area (Å²) in [5.41, 5.74) is 3.00. The van der Waals surface area contributed by atoms with E-state index in [0.717, 1.165) is 35.6 Å². The third kappa shape index (κ3) is 2.73. The number of amides is 1. The number of thiophene rings is 1. The van der Waals surface area contributed by atoms with Gasteiger partial charge < -0.3 is 25.0 Å². The molecular weight excluding hydrogens is 338 g/mol. The lowest BCUT2D eigenvalue weighted by atomic mass is 10.0. The number of benzene rings is 1. The molecular formula is C18H22N3O3S+. The monoisotopic (exact) mass is 360 g/mol. The molecule has 0 radical (unpaired) electrons.